The van der Waals surface area contributed by atoms with E-state index in [-0.39, 0.29) is 11.3 Å². The lowest BCUT2D eigenvalue weighted by Gasteiger charge is -2.05. The van der Waals surface area contributed by atoms with Gasteiger partial charge in [-0.3, -0.25) is 19.6 Å². The van der Waals surface area contributed by atoms with Crippen molar-refractivity contribution >= 4 is 23.2 Å². The summed E-state index contributed by atoms with van der Waals surface area (Å²) in [5.41, 5.74) is -1.42. The van der Waals surface area contributed by atoms with E-state index in [9.17, 15) is 14.4 Å². The van der Waals surface area contributed by atoms with Crippen LogP contribution in [0.2, 0.25) is 5.02 Å². The molecule has 0 atom stereocenters. The van der Waals surface area contributed by atoms with E-state index in [1.54, 1.807) is 0 Å². The molecular weight excluding hydrogens is 260 g/mol. The van der Waals surface area contributed by atoms with Gasteiger partial charge in [0.2, 0.25) is 0 Å². The van der Waals surface area contributed by atoms with Crippen LogP contribution in [0.3, 0.4) is 0 Å². The number of hydrogen-bond acceptors (Lipinski definition) is 4. The fourth-order valence-electron chi connectivity index (χ4n) is 1.24. The van der Waals surface area contributed by atoms with Crippen molar-refractivity contribution in [2.75, 3.05) is 5.32 Å². The van der Waals surface area contributed by atoms with Crippen molar-refractivity contribution in [1.82, 2.24) is 15.0 Å². The number of amides is 1. The minimum absolute atomic E-state index is 0.227. The second-order valence-corrected chi connectivity index (χ2v) is 3.70. The number of H-pyrrole nitrogens is 2. The van der Waals surface area contributed by atoms with E-state index in [1.807, 2.05) is 4.98 Å². The Labute approximate surface area is 105 Å². The molecule has 18 heavy (non-hydrogen) atoms. The van der Waals surface area contributed by atoms with Crippen LogP contribution < -0.4 is 16.6 Å². The molecular formula is C10H7ClN4O3. The van der Waals surface area contributed by atoms with E-state index < -0.39 is 17.2 Å². The summed E-state index contributed by atoms with van der Waals surface area (Å²) < 4.78 is 0. The molecule has 0 spiro atoms. The molecule has 0 unspecified atom stereocenters. The number of carbonyl (C=O) groups excluding carboxylic acids is 1. The van der Waals surface area contributed by atoms with Crippen LogP contribution in [0.25, 0.3) is 0 Å². The Hall–Kier alpha value is -2.41. The van der Waals surface area contributed by atoms with Gasteiger partial charge >= 0.3 is 5.69 Å². The highest BCUT2D eigenvalue weighted by Crippen LogP contribution is 2.19. The van der Waals surface area contributed by atoms with Crippen molar-refractivity contribution in [2.24, 2.45) is 0 Å². The first kappa shape index (κ1) is 12.1. The number of nitrogens with zero attached hydrogens (tertiary/aromatic N) is 1. The molecule has 1 amide bonds. The first-order valence-corrected chi connectivity index (χ1v) is 5.18. The fourth-order valence-corrected chi connectivity index (χ4v) is 1.39. The molecule has 0 saturated carbocycles. The van der Waals surface area contributed by atoms with Crippen LogP contribution in [-0.4, -0.2) is 20.9 Å². The van der Waals surface area contributed by atoms with Gasteiger partial charge in [-0.05, 0) is 6.07 Å². The Morgan fingerprint density at radius 3 is 2.83 bits per heavy atom. The molecule has 7 nitrogen and oxygen atoms in total. The van der Waals surface area contributed by atoms with E-state index in [0.717, 1.165) is 6.20 Å². The number of aromatic nitrogens is 3. The summed E-state index contributed by atoms with van der Waals surface area (Å²) in [5, 5.41) is 2.70. The molecule has 0 saturated heterocycles. The number of carbonyl (C=O) groups is 1. The van der Waals surface area contributed by atoms with Crippen molar-refractivity contribution in [3.05, 3.63) is 56.1 Å². The molecule has 0 aliphatic heterocycles. The second kappa shape index (κ2) is 4.84. The monoisotopic (exact) mass is 266 g/mol. The van der Waals surface area contributed by atoms with Crippen molar-refractivity contribution in [3.8, 4) is 0 Å². The van der Waals surface area contributed by atoms with E-state index in [4.69, 9.17) is 11.6 Å². The van der Waals surface area contributed by atoms with Gasteiger partial charge in [0.25, 0.3) is 11.5 Å². The highest BCUT2D eigenvalue weighted by molar-refractivity contribution is 6.33. The Bertz CT molecular complexity index is 707. The van der Waals surface area contributed by atoms with E-state index in [2.05, 4.69) is 15.3 Å². The zero-order chi connectivity index (χ0) is 13.1. The number of nitrogens with one attached hydrogen (secondary N) is 3. The van der Waals surface area contributed by atoms with Gasteiger partial charge in [0.05, 0.1) is 16.9 Å². The predicted molar refractivity (Wildman–Crippen MR) is 64.9 cm³/mol. The summed E-state index contributed by atoms with van der Waals surface area (Å²) in [5.74, 6) is -0.692. The topological polar surface area (TPSA) is 108 Å². The third-order valence-electron chi connectivity index (χ3n) is 2.08. The minimum Gasteiger partial charge on any atom is -0.319 e. The summed E-state index contributed by atoms with van der Waals surface area (Å²) in [6.07, 6.45) is 3.84. The molecule has 2 aromatic rings. The average Bonchev–Trinajstić information content (AvgIpc) is 2.32. The van der Waals surface area contributed by atoms with Crippen LogP contribution in [0.5, 0.6) is 0 Å². The van der Waals surface area contributed by atoms with Gasteiger partial charge in [0.15, 0.2) is 0 Å². The fraction of sp³-hybridized carbons (Fsp3) is 0. The van der Waals surface area contributed by atoms with Gasteiger partial charge < -0.3 is 10.3 Å². The Morgan fingerprint density at radius 1 is 1.39 bits per heavy atom. The van der Waals surface area contributed by atoms with Crippen LogP contribution in [0.1, 0.15) is 10.4 Å². The SMILES string of the molecule is O=C(Nc1cnccc1Cl)c1c[nH]c(=O)[nH]c1=O. The largest absolute Gasteiger partial charge is 0.325 e. The van der Waals surface area contributed by atoms with Gasteiger partial charge in [0.1, 0.15) is 5.56 Å². The Kier molecular flexibility index (Phi) is 3.24. The number of pyridine rings is 1. The lowest BCUT2D eigenvalue weighted by molar-refractivity contribution is 0.102. The normalized spacial score (nSPS) is 10.1. The molecule has 0 aliphatic rings. The van der Waals surface area contributed by atoms with Crippen molar-refractivity contribution in [3.63, 3.8) is 0 Å². The summed E-state index contributed by atoms with van der Waals surface area (Å²) in [7, 11) is 0. The third kappa shape index (κ3) is 2.46. The molecule has 0 aromatic carbocycles. The van der Waals surface area contributed by atoms with Crippen LogP contribution >= 0.6 is 11.6 Å². The number of rotatable bonds is 2. The molecule has 0 radical (unpaired) electrons. The molecule has 2 aromatic heterocycles. The molecule has 0 fully saturated rings. The lowest BCUT2D eigenvalue weighted by atomic mass is 10.3. The third-order valence-corrected chi connectivity index (χ3v) is 2.41. The highest BCUT2D eigenvalue weighted by Gasteiger charge is 2.12. The number of hydrogen-bond donors (Lipinski definition) is 3. The standard InChI is InChI=1S/C10H7ClN4O3/c11-6-1-2-12-4-7(6)14-8(16)5-3-13-10(18)15-9(5)17/h1-4H,(H,14,16)(H2,13,15,17,18). The summed E-state index contributed by atoms with van der Waals surface area (Å²) >= 11 is 5.82. The van der Waals surface area contributed by atoms with Crippen molar-refractivity contribution < 1.29 is 4.79 Å². The maximum atomic E-state index is 11.8. The number of anilines is 1. The zero-order valence-electron chi connectivity index (χ0n) is 8.86. The molecule has 3 N–H and O–H groups in total. The average molecular weight is 267 g/mol. The van der Waals surface area contributed by atoms with Gasteiger partial charge in [-0.15, -0.1) is 0 Å². The Balaban J connectivity index is 2.31. The summed E-state index contributed by atoms with van der Waals surface area (Å²) in [6.45, 7) is 0. The first-order valence-electron chi connectivity index (χ1n) is 4.81. The quantitative estimate of drug-likeness (QED) is 0.729. The molecule has 8 heteroatoms. The maximum Gasteiger partial charge on any atom is 0.325 e. The minimum atomic E-state index is -0.781. The highest BCUT2D eigenvalue weighted by atomic mass is 35.5. The molecule has 0 aliphatic carbocycles. The Morgan fingerprint density at radius 2 is 2.17 bits per heavy atom. The van der Waals surface area contributed by atoms with E-state index >= 15 is 0 Å². The van der Waals surface area contributed by atoms with Gasteiger partial charge in [-0.1, -0.05) is 11.6 Å². The van der Waals surface area contributed by atoms with Crippen LogP contribution in [0.15, 0.2) is 34.2 Å². The molecule has 2 heterocycles. The summed E-state index contributed by atoms with van der Waals surface area (Å²) in [4.78, 5) is 41.9. The van der Waals surface area contributed by atoms with E-state index in [0.29, 0.717) is 5.02 Å². The predicted octanol–water partition coefficient (Wildman–Crippen LogP) is 0.364. The number of aromatic amines is 2. The molecule has 0 bridgehead atoms. The molecule has 92 valence electrons. The van der Waals surface area contributed by atoms with Gasteiger partial charge in [-0.2, -0.15) is 0 Å². The van der Waals surface area contributed by atoms with Crippen LogP contribution in [0, 0.1) is 0 Å². The number of halogens is 1. The van der Waals surface area contributed by atoms with Crippen LogP contribution in [-0.2, 0) is 0 Å². The smallest absolute Gasteiger partial charge is 0.319 e. The zero-order valence-corrected chi connectivity index (χ0v) is 9.62. The van der Waals surface area contributed by atoms with E-state index in [1.165, 1.54) is 18.5 Å². The second-order valence-electron chi connectivity index (χ2n) is 3.30. The van der Waals surface area contributed by atoms with Crippen molar-refractivity contribution in [1.29, 1.82) is 0 Å². The van der Waals surface area contributed by atoms with Gasteiger partial charge in [-0.25, -0.2) is 4.79 Å². The van der Waals surface area contributed by atoms with Crippen LogP contribution in [0.4, 0.5) is 5.69 Å². The molecule has 2 rings (SSSR count). The van der Waals surface area contributed by atoms with Gasteiger partial charge in [0, 0.05) is 12.4 Å². The summed E-state index contributed by atoms with van der Waals surface area (Å²) in [6, 6.07) is 1.49. The lowest BCUT2D eigenvalue weighted by Crippen LogP contribution is -2.29. The maximum absolute atomic E-state index is 11.8. The van der Waals surface area contributed by atoms with Crippen molar-refractivity contribution in [2.45, 2.75) is 0 Å². The first-order chi connectivity index (χ1) is 8.58.